The number of furan rings is 1. The van der Waals surface area contributed by atoms with Gasteiger partial charge >= 0.3 is 0 Å². The van der Waals surface area contributed by atoms with Gasteiger partial charge in [0.05, 0.1) is 31.9 Å². The van der Waals surface area contributed by atoms with Gasteiger partial charge in [0.2, 0.25) is 0 Å². The van der Waals surface area contributed by atoms with Crippen LogP contribution in [-0.2, 0) is 0 Å². The smallest absolute Gasteiger partial charge is 0.161 e. The van der Waals surface area contributed by atoms with Gasteiger partial charge in [-0.05, 0) is 49.7 Å². The van der Waals surface area contributed by atoms with E-state index in [2.05, 4.69) is 10.2 Å². The molecule has 0 bridgehead atoms. The number of rotatable bonds is 7. The molecule has 0 saturated carbocycles. The van der Waals surface area contributed by atoms with Gasteiger partial charge in [-0.2, -0.15) is 10.2 Å². The van der Waals surface area contributed by atoms with Crippen molar-refractivity contribution in [2.24, 2.45) is 10.2 Å². The number of nitrogens with zero attached hydrogens (tertiary/aromatic N) is 2. The predicted octanol–water partition coefficient (Wildman–Crippen LogP) is 3.53. The van der Waals surface area contributed by atoms with Crippen LogP contribution in [0.3, 0.4) is 0 Å². The highest BCUT2D eigenvalue weighted by molar-refractivity contribution is 5.82. The Morgan fingerprint density at radius 1 is 1.00 bits per heavy atom. The standard InChI is InChI=1S/C16H18N2O3/c1-3-19-15-8-7-13(10-16(15)20-4-2)11-17-18-12-14-6-5-9-21-14/h5-12H,3-4H2,1-2H3/b17-11-,18-12-. The minimum absolute atomic E-state index is 0.581. The Balaban J connectivity index is 2.07. The van der Waals surface area contributed by atoms with Gasteiger partial charge in [-0.3, -0.25) is 0 Å². The largest absolute Gasteiger partial charge is 0.490 e. The van der Waals surface area contributed by atoms with Crippen molar-refractivity contribution in [2.75, 3.05) is 13.2 Å². The molecule has 0 amide bonds. The van der Waals surface area contributed by atoms with Gasteiger partial charge in [-0.15, -0.1) is 0 Å². The van der Waals surface area contributed by atoms with Gasteiger partial charge in [-0.25, -0.2) is 0 Å². The van der Waals surface area contributed by atoms with Crippen LogP contribution >= 0.6 is 0 Å². The first-order chi connectivity index (χ1) is 10.3. The molecule has 0 aliphatic carbocycles. The van der Waals surface area contributed by atoms with E-state index in [4.69, 9.17) is 13.9 Å². The second kappa shape index (κ2) is 7.89. The van der Waals surface area contributed by atoms with Gasteiger partial charge in [0.15, 0.2) is 11.5 Å². The van der Waals surface area contributed by atoms with Crippen molar-refractivity contribution in [2.45, 2.75) is 13.8 Å². The van der Waals surface area contributed by atoms with Gasteiger partial charge in [0.1, 0.15) is 5.76 Å². The second-order valence-electron chi connectivity index (χ2n) is 4.08. The molecular weight excluding hydrogens is 268 g/mol. The summed E-state index contributed by atoms with van der Waals surface area (Å²) in [5, 5.41) is 7.90. The Morgan fingerprint density at radius 2 is 1.76 bits per heavy atom. The van der Waals surface area contributed by atoms with Gasteiger partial charge in [0, 0.05) is 0 Å². The number of benzene rings is 1. The molecule has 0 fully saturated rings. The molecular formula is C16H18N2O3. The average molecular weight is 286 g/mol. The molecule has 0 radical (unpaired) electrons. The summed E-state index contributed by atoms with van der Waals surface area (Å²) in [4.78, 5) is 0. The van der Waals surface area contributed by atoms with E-state index in [-0.39, 0.29) is 0 Å². The fourth-order valence-electron chi connectivity index (χ4n) is 1.70. The van der Waals surface area contributed by atoms with Crippen LogP contribution in [0.25, 0.3) is 0 Å². The summed E-state index contributed by atoms with van der Waals surface area (Å²) in [6.45, 7) is 5.05. The summed E-state index contributed by atoms with van der Waals surface area (Å²) >= 11 is 0. The Hall–Kier alpha value is -2.56. The second-order valence-corrected chi connectivity index (χ2v) is 4.08. The van der Waals surface area contributed by atoms with Crippen LogP contribution in [0.5, 0.6) is 11.5 Å². The van der Waals surface area contributed by atoms with E-state index in [0.29, 0.717) is 24.7 Å². The number of ether oxygens (including phenoxy) is 2. The van der Waals surface area contributed by atoms with E-state index in [1.54, 1.807) is 24.8 Å². The highest BCUT2D eigenvalue weighted by atomic mass is 16.5. The van der Waals surface area contributed by atoms with Crippen LogP contribution in [0.1, 0.15) is 25.2 Å². The summed E-state index contributed by atoms with van der Waals surface area (Å²) < 4.78 is 16.2. The maximum absolute atomic E-state index is 5.56. The van der Waals surface area contributed by atoms with Crippen molar-refractivity contribution < 1.29 is 13.9 Å². The minimum atomic E-state index is 0.581. The highest BCUT2D eigenvalue weighted by Crippen LogP contribution is 2.27. The fraction of sp³-hybridized carbons (Fsp3) is 0.250. The lowest BCUT2D eigenvalue weighted by molar-refractivity contribution is 0.288. The van der Waals surface area contributed by atoms with Crippen molar-refractivity contribution in [1.29, 1.82) is 0 Å². The molecule has 2 rings (SSSR count). The topological polar surface area (TPSA) is 56.3 Å². The first-order valence-corrected chi connectivity index (χ1v) is 6.83. The molecule has 1 heterocycles. The molecule has 21 heavy (non-hydrogen) atoms. The van der Waals surface area contributed by atoms with Crippen LogP contribution in [0.15, 0.2) is 51.2 Å². The number of hydrogen-bond donors (Lipinski definition) is 0. The van der Waals surface area contributed by atoms with Crippen molar-refractivity contribution in [3.63, 3.8) is 0 Å². The molecule has 1 aromatic carbocycles. The van der Waals surface area contributed by atoms with E-state index in [9.17, 15) is 0 Å². The molecule has 0 N–H and O–H groups in total. The Kier molecular flexibility index (Phi) is 5.58. The first-order valence-electron chi connectivity index (χ1n) is 6.83. The van der Waals surface area contributed by atoms with E-state index in [1.807, 2.05) is 38.1 Å². The van der Waals surface area contributed by atoms with E-state index >= 15 is 0 Å². The summed E-state index contributed by atoms with van der Waals surface area (Å²) in [6.07, 6.45) is 4.79. The lowest BCUT2D eigenvalue weighted by Gasteiger charge is -2.10. The molecule has 5 heteroatoms. The molecule has 5 nitrogen and oxygen atoms in total. The summed E-state index contributed by atoms with van der Waals surface area (Å²) in [5.41, 5.74) is 0.887. The van der Waals surface area contributed by atoms with E-state index < -0.39 is 0 Å². The maximum Gasteiger partial charge on any atom is 0.161 e. The first kappa shape index (κ1) is 14.8. The normalized spacial score (nSPS) is 11.3. The molecule has 0 atom stereocenters. The lowest BCUT2D eigenvalue weighted by Crippen LogP contribution is -1.99. The maximum atomic E-state index is 5.56. The zero-order valence-electron chi connectivity index (χ0n) is 12.2. The van der Waals surface area contributed by atoms with Crippen LogP contribution in [-0.4, -0.2) is 25.6 Å². The third-order valence-electron chi connectivity index (χ3n) is 2.57. The third-order valence-corrected chi connectivity index (χ3v) is 2.57. The highest BCUT2D eigenvalue weighted by Gasteiger charge is 2.04. The van der Waals surface area contributed by atoms with E-state index in [0.717, 1.165) is 11.3 Å². The summed E-state index contributed by atoms with van der Waals surface area (Å²) in [5.74, 6) is 2.10. The molecule has 0 unspecified atom stereocenters. The molecule has 110 valence electrons. The van der Waals surface area contributed by atoms with Crippen LogP contribution in [0, 0.1) is 0 Å². The Labute approximate surface area is 123 Å². The quantitative estimate of drug-likeness (QED) is 0.578. The predicted molar refractivity (Wildman–Crippen MR) is 82.7 cm³/mol. The van der Waals surface area contributed by atoms with Crippen molar-refractivity contribution in [3.05, 3.63) is 47.9 Å². The van der Waals surface area contributed by atoms with Crippen molar-refractivity contribution in [1.82, 2.24) is 0 Å². The van der Waals surface area contributed by atoms with Crippen molar-refractivity contribution >= 4 is 12.4 Å². The van der Waals surface area contributed by atoms with Crippen LogP contribution in [0.4, 0.5) is 0 Å². The lowest BCUT2D eigenvalue weighted by atomic mass is 10.2. The average Bonchev–Trinajstić information content (AvgIpc) is 3.00. The number of hydrogen-bond acceptors (Lipinski definition) is 5. The zero-order chi connectivity index (χ0) is 14.9. The molecule has 0 aliphatic heterocycles. The minimum Gasteiger partial charge on any atom is -0.490 e. The molecule has 1 aromatic heterocycles. The summed E-state index contributed by atoms with van der Waals surface area (Å²) in [7, 11) is 0. The summed E-state index contributed by atoms with van der Waals surface area (Å²) in [6, 6.07) is 9.25. The van der Waals surface area contributed by atoms with Gasteiger partial charge in [0.25, 0.3) is 0 Å². The van der Waals surface area contributed by atoms with Gasteiger partial charge < -0.3 is 13.9 Å². The monoisotopic (exact) mass is 286 g/mol. The SMILES string of the molecule is CCOc1ccc(/C=N\N=C/c2ccco2)cc1OCC. The van der Waals surface area contributed by atoms with Crippen LogP contribution in [0.2, 0.25) is 0 Å². The van der Waals surface area contributed by atoms with E-state index in [1.165, 1.54) is 0 Å². The molecule has 0 spiro atoms. The van der Waals surface area contributed by atoms with Crippen molar-refractivity contribution in [3.8, 4) is 11.5 Å². The zero-order valence-corrected chi connectivity index (χ0v) is 12.2. The fourth-order valence-corrected chi connectivity index (χ4v) is 1.70. The molecule has 0 saturated heterocycles. The van der Waals surface area contributed by atoms with Crippen LogP contribution < -0.4 is 9.47 Å². The molecule has 2 aromatic rings. The third kappa shape index (κ3) is 4.49. The Bertz CT molecular complexity index is 604. The Morgan fingerprint density at radius 3 is 2.48 bits per heavy atom. The molecule has 0 aliphatic rings. The van der Waals surface area contributed by atoms with Gasteiger partial charge in [-0.1, -0.05) is 0 Å².